The van der Waals surface area contributed by atoms with Gasteiger partial charge in [-0.3, -0.25) is 9.59 Å². The summed E-state index contributed by atoms with van der Waals surface area (Å²) in [6.45, 7) is 4.71. The molecule has 2 aromatic rings. The molecule has 2 amide bonds. The van der Waals surface area contributed by atoms with Gasteiger partial charge in [-0.15, -0.1) is 6.58 Å². The van der Waals surface area contributed by atoms with E-state index in [1.54, 1.807) is 30.3 Å². The smallest absolute Gasteiger partial charge is 0.255 e. The second kappa shape index (κ2) is 9.42. The highest BCUT2D eigenvalue weighted by atomic mass is 35.5. The van der Waals surface area contributed by atoms with Gasteiger partial charge in [0.05, 0.1) is 16.3 Å². The summed E-state index contributed by atoms with van der Waals surface area (Å²) in [6.07, 6.45) is 3.14. The number of benzene rings is 2. The predicted octanol–water partition coefficient (Wildman–Crippen LogP) is 3.29. The Bertz CT molecular complexity index is 1080. The SMILES string of the molecule is C=CCNC(=O)c1ccccc1NC(=O)c1ccc(Cl)c(S(=O)(=O)N2CCCC2)c1. The molecule has 2 N–H and O–H groups in total. The van der Waals surface area contributed by atoms with Crippen molar-refractivity contribution in [1.29, 1.82) is 0 Å². The number of rotatable bonds is 7. The molecule has 1 fully saturated rings. The number of halogens is 1. The van der Waals surface area contributed by atoms with E-state index in [9.17, 15) is 18.0 Å². The van der Waals surface area contributed by atoms with Crippen molar-refractivity contribution in [3.8, 4) is 0 Å². The molecule has 1 aliphatic rings. The molecule has 0 spiro atoms. The van der Waals surface area contributed by atoms with Crippen LogP contribution >= 0.6 is 11.6 Å². The number of para-hydroxylation sites is 1. The lowest BCUT2D eigenvalue weighted by Gasteiger charge is -2.17. The summed E-state index contributed by atoms with van der Waals surface area (Å²) >= 11 is 6.14. The van der Waals surface area contributed by atoms with Gasteiger partial charge in [0.1, 0.15) is 4.90 Å². The highest BCUT2D eigenvalue weighted by molar-refractivity contribution is 7.89. The Balaban J connectivity index is 1.87. The summed E-state index contributed by atoms with van der Waals surface area (Å²) in [5.41, 5.74) is 0.716. The van der Waals surface area contributed by atoms with Gasteiger partial charge >= 0.3 is 0 Å². The van der Waals surface area contributed by atoms with Crippen molar-refractivity contribution in [2.75, 3.05) is 25.0 Å². The van der Waals surface area contributed by atoms with E-state index < -0.39 is 15.9 Å². The second-order valence-electron chi connectivity index (χ2n) is 6.75. The maximum absolute atomic E-state index is 12.9. The number of carbonyl (C=O) groups excluding carboxylic acids is 2. The molecule has 2 aromatic carbocycles. The van der Waals surface area contributed by atoms with Crippen molar-refractivity contribution in [3.63, 3.8) is 0 Å². The zero-order valence-electron chi connectivity index (χ0n) is 16.2. The van der Waals surface area contributed by atoms with Crippen LogP contribution in [-0.4, -0.2) is 44.2 Å². The Hall–Kier alpha value is -2.68. The first-order valence-corrected chi connectivity index (χ1v) is 11.3. The average molecular weight is 448 g/mol. The van der Waals surface area contributed by atoms with Crippen LogP contribution in [0.25, 0.3) is 0 Å². The number of amides is 2. The Kier molecular flexibility index (Phi) is 6.91. The van der Waals surface area contributed by atoms with Crippen molar-refractivity contribution in [3.05, 3.63) is 71.3 Å². The molecule has 0 radical (unpaired) electrons. The van der Waals surface area contributed by atoms with Crippen LogP contribution in [0.15, 0.2) is 60.0 Å². The molecule has 0 bridgehead atoms. The summed E-state index contributed by atoms with van der Waals surface area (Å²) in [6, 6.07) is 10.7. The quantitative estimate of drug-likeness (QED) is 0.636. The lowest BCUT2D eigenvalue weighted by atomic mass is 10.1. The largest absolute Gasteiger partial charge is 0.349 e. The van der Waals surface area contributed by atoms with Gasteiger partial charge in [0.25, 0.3) is 11.8 Å². The Morgan fingerprint density at radius 1 is 1.10 bits per heavy atom. The van der Waals surface area contributed by atoms with Gasteiger partial charge in [-0.2, -0.15) is 4.31 Å². The van der Waals surface area contributed by atoms with E-state index in [0.717, 1.165) is 12.8 Å². The summed E-state index contributed by atoms with van der Waals surface area (Å²) in [5.74, 6) is -0.910. The standard InChI is InChI=1S/C21H22ClN3O4S/c1-2-11-23-21(27)16-7-3-4-8-18(16)24-20(26)15-9-10-17(22)19(14-15)30(28,29)25-12-5-6-13-25/h2-4,7-10,14H,1,5-6,11-13H2,(H,23,27)(H,24,26). The zero-order chi connectivity index (χ0) is 21.7. The molecule has 158 valence electrons. The van der Waals surface area contributed by atoms with Crippen molar-refractivity contribution < 1.29 is 18.0 Å². The number of hydrogen-bond donors (Lipinski definition) is 2. The third-order valence-electron chi connectivity index (χ3n) is 4.70. The van der Waals surface area contributed by atoms with Crippen LogP contribution in [0.1, 0.15) is 33.6 Å². The predicted molar refractivity (Wildman–Crippen MR) is 116 cm³/mol. The van der Waals surface area contributed by atoms with Crippen molar-refractivity contribution in [2.45, 2.75) is 17.7 Å². The van der Waals surface area contributed by atoms with Crippen LogP contribution in [0, 0.1) is 0 Å². The van der Waals surface area contributed by atoms with E-state index >= 15 is 0 Å². The van der Waals surface area contributed by atoms with Gasteiger partial charge in [0.2, 0.25) is 10.0 Å². The number of anilines is 1. The fraction of sp³-hybridized carbons (Fsp3) is 0.238. The summed E-state index contributed by atoms with van der Waals surface area (Å²) in [5, 5.41) is 5.39. The fourth-order valence-corrected chi connectivity index (χ4v) is 5.17. The van der Waals surface area contributed by atoms with Crippen molar-refractivity contribution in [1.82, 2.24) is 9.62 Å². The summed E-state index contributed by atoms with van der Waals surface area (Å²) < 4.78 is 27.1. The molecular weight excluding hydrogens is 426 g/mol. The normalized spacial score (nSPS) is 14.3. The maximum Gasteiger partial charge on any atom is 0.255 e. The zero-order valence-corrected chi connectivity index (χ0v) is 17.8. The van der Waals surface area contributed by atoms with Crippen LogP contribution in [0.4, 0.5) is 5.69 Å². The summed E-state index contributed by atoms with van der Waals surface area (Å²) in [7, 11) is -3.78. The van der Waals surface area contributed by atoms with E-state index in [4.69, 9.17) is 11.6 Å². The topological polar surface area (TPSA) is 95.6 Å². The first-order chi connectivity index (χ1) is 14.3. The number of nitrogens with one attached hydrogen (secondary N) is 2. The number of carbonyl (C=O) groups is 2. The van der Waals surface area contributed by atoms with Gasteiger partial charge in [-0.05, 0) is 43.2 Å². The molecule has 0 aliphatic carbocycles. The third-order valence-corrected chi connectivity index (χ3v) is 7.08. The van der Waals surface area contributed by atoms with Crippen molar-refractivity contribution in [2.24, 2.45) is 0 Å². The van der Waals surface area contributed by atoms with Gasteiger partial charge in [-0.25, -0.2) is 8.42 Å². The Morgan fingerprint density at radius 3 is 2.50 bits per heavy atom. The first kappa shape index (κ1) is 22.0. The number of nitrogens with zero attached hydrogens (tertiary/aromatic N) is 1. The van der Waals surface area contributed by atoms with Gasteiger partial charge in [0.15, 0.2) is 0 Å². The van der Waals surface area contributed by atoms with Crippen molar-refractivity contribution >= 4 is 39.1 Å². The molecule has 30 heavy (non-hydrogen) atoms. The second-order valence-corrected chi connectivity index (χ2v) is 9.07. The molecule has 9 heteroatoms. The number of hydrogen-bond acceptors (Lipinski definition) is 4. The lowest BCUT2D eigenvalue weighted by Crippen LogP contribution is -2.28. The monoisotopic (exact) mass is 447 g/mol. The van der Waals surface area contributed by atoms with Crippen LogP contribution in [0.2, 0.25) is 5.02 Å². The first-order valence-electron chi connectivity index (χ1n) is 9.44. The van der Waals surface area contributed by atoms with E-state index in [2.05, 4.69) is 17.2 Å². The molecule has 1 aliphatic heterocycles. The Labute approximate surface area is 180 Å². The summed E-state index contributed by atoms with van der Waals surface area (Å²) in [4.78, 5) is 25.0. The van der Waals surface area contributed by atoms with Gasteiger partial charge < -0.3 is 10.6 Å². The minimum atomic E-state index is -3.78. The minimum absolute atomic E-state index is 0.0580. The van der Waals surface area contributed by atoms with Crippen LogP contribution in [0.5, 0.6) is 0 Å². The molecule has 7 nitrogen and oxygen atoms in total. The molecular formula is C21H22ClN3O4S. The fourth-order valence-electron chi connectivity index (χ4n) is 3.15. The van der Waals surface area contributed by atoms with E-state index in [0.29, 0.717) is 18.8 Å². The molecule has 1 heterocycles. The Morgan fingerprint density at radius 2 is 1.80 bits per heavy atom. The van der Waals surface area contributed by atoms with E-state index in [1.165, 1.54) is 22.5 Å². The van der Waals surface area contributed by atoms with E-state index in [1.807, 2.05) is 0 Å². The lowest BCUT2D eigenvalue weighted by molar-refractivity contribution is 0.0959. The molecule has 0 unspecified atom stereocenters. The van der Waals surface area contributed by atoms with Crippen LogP contribution < -0.4 is 10.6 Å². The third kappa shape index (κ3) is 4.72. The van der Waals surface area contributed by atoms with Gasteiger partial charge in [0, 0.05) is 25.2 Å². The average Bonchev–Trinajstić information content (AvgIpc) is 3.28. The minimum Gasteiger partial charge on any atom is -0.349 e. The van der Waals surface area contributed by atoms with Crippen LogP contribution in [0.3, 0.4) is 0 Å². The highest BCUT2D eigenvalue weighted by Gasteiger charge is 2.30. The number of sulfonamides is 1. The van der Waals surface area contributed by atoms with Gasteiger partial charge in [-0.1, -0.05) is 29.8 Å². The molecule has 0 aromatic heterocycles. The maximum atomic E-state index is 12.9. The molecule has 1 saturated heterocycles. The van der Waals surface area contributed by atoms with Crippen LogP contribution in [-0.2, 0) is 10.0 Å². The highest BCUT2D eigenvalue weighted by Crippen LogP contribution is 2.28. The molecule has 0 atom stereocenters. The molecule has 3 rings (SSSR count). The van der Waals surface area contributed by atoms with E-state index in [-0.39, 0.29) is 33.5 Å². The molecule has 0 saturated carbocycles.